The highest BCUT2D eigenvalue weighted by atomic mass is 35.5. The molecule has 1 aliphatic heterocycles. The van der Waals surface area contributed by atoms with Crippen LogP contribution in [-0.4, -0.2) is 40.5 Å². The Kier molecular flexibility index (Phi) is 5.43. The molecule has 1 fully saturated rings. The summed E-state index contributed by atoms with van der Waals surface area (Å²) in [4.78, 5) is 10.7. The molecule has 5 nitrogen and oxygen atoms in total. The minimum Gasteiger partial charge on any atom is -0.394 e. The van der Waals surface area contributed by atoms with Crippen LogP contribution in [0.15, 0.2) is 0 Å². The number of anilines is 2. The van der Waals surface area contributed by atoms with Crippen molar-refractivity contribution in [2.45, 2.75) is 45.6 Å². The number of aryl methyl sites for hydroxylation is 1. The molecule has 112 valence electrons. The number of likely N-dealkylation sites (tertiary alicyclic amines) is 1. The zero-order valence-corrected chi connectivity index (χ0v) is 13.1. The molecule has 1 unspecified atom stereocenters. The van der Waals surface area contributed by atoms with Crippen LogP contribution in [0.5, 0.6) is 0 Å². The van der Waals surface area contributed by atoms with Gasteiger partial charge in [-0.05, 0) is 51.3 Å². The van der Waals surface area contributed by atoms with Crippen molar-refractivity contribution in [1.29, 1.82) is 0 Å². The summed E-state index contributed by atoms with van der Waals surface area (Å²) >= 11 is 5.85. The lowest BCUT2D eigenvalue weighted by molar-refractivity contribution is 0.160. The van der Waals surface area contributed by atoms with Crippen molar-refractivity contribution < 1.29 is 0 Å². The third-order valence-electron chi connectivity index (χ3n) is 3.96. The van der Waals surface area contributed by atoms with Gasteiger partial charge in [0, 0.05) is 19.1 Å². The number of nitrogens with zero attached hydrogens (tertiary/aromatic N) is 3. The van der Waals surface area contributed by atoms with E-state index in [0.29, 0.717) is 17.5 Å². The molecule has 1 aromatic rings. The second-order valence-electron chi connectivity index (χ2n) is 5.50. The van der Waals surface area contributed by atoms with Crippen LogP contribution in [0, 0.1) is 6.92 Å². The molecule has 0 saturated carbocycles. The van der Waals surface area contributed by atoms with E-state index >= 15 is 0 Å². The fourth-order valence-electron chi connectivity index (χ4n) is 2.66. The third-order valence-corrected chi connectivity index (χ3v) is 4.13. The summed E-state index contributed by atoms with van der Waals surface area (Å²) < 4.78 is 0. The van der Waals surface area contributed by atoms with E-state index < -0.39 is 0 Å². The lowest BCUT2D eigenvalue weighted by Crippen LogP contribution is -2.38. The van der Waals surface area contributed by atoms with Gasteiger partial charge in [-0.15, -0.1) is 0 Å². The first-order valence-corrected chi connectivity index (χ1v) is 7.73. The minimum absolute atomic E-state index is 0.240. The van der Waals surface area contributed by atoms with E-state index in [0.717, 1.165) is 25.2 Å². The Hall–Kier alpha value is -1.07. The van der Waals surface area contributed by atoms with Crippen molar-refractivity contribution in [3.63, 3.8) is 0 Å². The van der Waals surface area contributed by atoms with Crippen LogP contribution >= 0.6 is 11.6 Å². The van der Waals surface area contributed by atoms with E-state index in [9.17, 15) is 0 Å². The summed E-state index contributed by atoms with van der Waals surface area (Å²) in [6.07, 6.45) is 5.09. The standard InChI is InChI=1S/C14H24ClN5/c1-10-6-3-4-8-20(10)9-5-7-17-13-12(16)11(2)18-14(15)19-13/h10H,3-9,16H2,1-2H3,(H,17,18,19). The molecule has 1 aromatic heterocycles. The van der Waals surface area contributed by atoms with E-state index in [1.165, 1.54) is 25.8 Å². The van der Waals surface area contributed by atoms with Crippen molar-refractivity contribution in [2.75, 3.05) is 30.7 Å². The molecule has 20 heavy (non-hydrogen) atoms. The summed E-state index contributed by atoms with van der Waals surface area (Å²) in [7, 11) is 0. The van der Waals surface area contributed by atoms with Gasteiger partial charge in [-0.1, -0.05) is 6.42 Å². The Labute approximate surface area is 125 Å². The van der Waals surface area contributed by atoms with Crippen molar-refractivity contribution in [1.82, 2.24) is 14.9 Å². The van der Waals surface area contributed by atoms with Gasteiger partial charge in [0.2, 0.25) is 5.28 Å². The molecule has 0 amide bonds. The molecule has 0 spiro atoms. The molecule has 1 aliphatic rings. The number of piperidine rings is 1. The third kappa shape index (κ3) is 3.96. The molecule has 3 N–H and O–H groups in total. The summed E-state index contributed by atoms with van der Waals surface area (Å²) in [5, 5.41) is 3.50. The highest BCUT2D eigenvalue weighted by Gasteiger charge is 2.17. The first-order chi connectivity index (χ1) is 9.58. The predicted octanol–water partition coefficient (Wildman–Crippen LogP) is 2.70. The SMILES string of the molecule is Cc1nc(Cl)nc(NCCCN2CCCCC2C)c1N. The van der Waals surface area contributed by atoms with Crippen LogP contribution in [0.2, 0.25) is 5.28 Å². The van der Waals surface area contributed by atoms with Crippen LogP contribution in [0.1, 0.15) is 38.3 Å². The average Bonchev–Trinajstić information content (AvgIpc) is 2.41. The van der Waals surface area contributed by atoms with Gasteiger partial charge in [-0.3, -0.25) is 0 Å². The number of nitrogen functional groups attached to an aromatic ring is 1. The molecular weight excluding hydrogens is 274 g/mol. The first kappa shape index (κ1) is 15.3. The van der Waals surface area contributed by atoms with Crippen LogP contribution in [0.3, 0.4) is 0 Å². The first-order valence-electron chi connectivity index (χ1n) is 7.35. The molecular formula is C14H24ClN5. The van der Waals surface area contributed by atoms with Gasteiger partial charge in [0.1, 0.15) is 0 Å². The summed E-state index contributed by atoms with van der Waals surface area (Å²) in [6, 6.07) is 0.713. The topological polar surface area (TPSA) is 67.1 Å². The van der Waals surface area contributed by atoms with E-state index in [-0.39, 0.29) is 5.28 Å². The highest BCUT2D eigenvalue weighted by Crippen LogP contribution is 2.20. The van der Waals surface area contributed by atoms with E-state index in [1.54, 1.807) is 0 Å². The molecule has 2 rings (SSSR count). The number of halogens is 1. The number of aromatic nitrogens is 2. The van der Waals surface area contributed by atoms with Gasteiger partial charge in [-0.2, -0.15) is 4.98 Å². The molecule has 1 saturated heterocycles. The normalized spacial score (nSPS) is 20.1. The molecule has 0 radical (unpaired) electrons. The van der Waals surface area contributed by atoms with Crippen LogP contribution < -0.4 is 11.1 Å². The Morgan fingerprint density at radius 2 is 2.20 bits per heavy atom. The Morgan fingerprint density at radius 1 is 1.40 bits per heavy atom. The largest absolute Gasteiger partial charge is 0.394 e. The lowest BCUT2D eigenvalue weighted by Gasteiger charge is -2.33. The number of nitrogens with one attached hydrogen (secondary N) is 1. The molecule has 2 heterocycles. The molecule has 0 aromatic carbocycles. The van der Waals surface area contributed by atoms with Gasteiger partial charge >= 0.3 is 0 Å². The zero-order valence-electron chi connectivity index (χ0n) is 12.3. The Balaban J connectivity index is 1.78. The van der Waals surface area contributed by atoms with Crippen LogP contribution in [-0.2, 0) is 0 Å². The predicted molar refractivity (Wildman–Crippen MR) is 84.2 cm³/mol. The van der Waals surface area contributed by atoms with Crippen LogP contribution in [0.25, 0.3) is 0 Å². The maximum Gasteiger partial charge on any atom is 0.224 e. The zero-order chi connectivity index (χ0) is 14.5. The van der Waals surface area contributed by atoms with Gasteiger partial charge < -0.3 is 16.0 Å². The fourth-order valence-corrected chi connectivity index (χ4v) is 2.87. The van der Waals surface area contributed by atoms with Gasteiger partial charge in [0.25, 0.3) is 0 Å². The minimum atomic E-state index is 0.240. The maximum absolute atomic E-state index is 5.94. The number of hydrogen-bond donors (Lipinski definition) is 2. The molecule has 0 aliphatic carbocycles. The lowest BCUT2D eigenvalue weighted by atomic mass is 10.0. The fraction of sp³-hybridized carbons (Fsp3) is 0.714. The number of rotatable bonds is 5. The Bertz CT molecular complexity index is 451. The summed E-state index contributed by atoms with van der Waals surface area (Å²) in [5.41, 5.74) is 7.25. The van der Waals surface area contributed by atoms with Crippen LogP contribution in [0.4, 0.5) is 11.5 Å². The van der Waals surface area contributed by atoms with Gasteiger partial charge in [0.15, 0.2) is 5.82 Å². The number of nitrogens with two attached hydrogens (primary N) is 1. The molecule has 0 bridgehead atoms. The van der Waals surface area contributed by atoms with Crippen molar-refractivity contribution in [3.05, 3.63) is 11.0 Å². The van der Waals surface area contributed by atoms with Crippen molar-refractivity contribution >= 4 is 23.1 Å². The number of hydrogen-bond acceptors (Lipinski definition) is 5. The van der Waals surface area contributed by atoms with Gasteiger partial charge in [0.05, 0.1) is 11.4 Å². The van der Waals surface area contributed by atoms with Crippen molar-refractivity contribution in [3.8, 4) is 0 Å². The molecule has 6 heteroatoms. The maximum atomic E-state index is 5.94. The van der Waals surface area contributed by atoms with Gasteiger partial charge in [-0.25, -0.2) is 4.98 Å². The molecule has 1 atom stereocenters. The quantitative estimate of drug-likeness (QED) is 0.646. The summed E-state index contributed by atoms with van der Waals surface area (Å²) in [5.74, 6) is 0.647. The van der Waals surface area contributed by atoms with E-state index in [2.05, 4.69) is 27.1 Å². The monoisotopic (exact) mass is 297 g/mol. The second kappa shape index (κ2) is 7.09. The van der Waals surface area contributed by atoms with Crippen molar-refractivity contribution in [2.24, 2.45) is 0 Å². The summed E-state index contributed by atoms with van der Waals surface area (Å²) in [6.45, 7) is 7.34. The average molecular weight is 298 g/mol. The highest BCUT2D eigenvalue weighted by molar-refractivity contribution is 6.28. The van der Waals surface area contributed by atoms with E-state index in [4.69, 9.17) is 17.3 Å². The van der Waals surface area contributed by atoms with E-state index in [1.807, 2.05) is 6.92 Å². The second-order valence-corrected chi connectivity index (χ2v) is 5.84. The Morgan fingerprint density at radius 3 is 2.95 bits per heavy atom. The smallest absolute Gasteiger partial charge is 0.224 e.